The lowest BCUT2D eigenvalue weighted by molar-refractivity contribution is 0.316. The molecule has 2 unspecified atom stereocenters. The van der Waals surface area contributed by atoms with Gasteiger partial charge in [-0.05, 0) is 30.9 Å². The molecule has 1 aliphatic rings. The first-order chi connectivity index (χ1) is 7.79. The summed E-state index contributed by atoms with van der Waals surface area (Å²) in [6, 6.07) is 4.23. The fourth-order valence-corrected chi connectivity index (χ4v) is 2.57. The lowest BCUT2D eigenvalue weighted by atomic mass is 9.83. The molecular weight excluding hydrogens is 222 g/mol. The maximum absolute atomic E-state index is 5.71. The molecule has 0 aromatic carbocycles. The number of aromatic nitrogens is 2. The van der Waals surface area contributed by atoms with Crippen LogP contribution in [-0.2, 0) is 0 Å². The number of halogens is 1. The van der Waals surface area contributed by atoms with Crippen molar-refractivity contribution in [3.05, 3.63) is 17.3 Å². The number of hydrogen-bond acceptors (Lipinski definition) is 3. The molecule has 0 amide bonds. The first-order valence-corrected chi connectivity index (χ1v) is 6.43. The second-order valence-electron chi connectivity index (χ2n) is 4.44. The van der Waals surface area contributed by atoms with Crippen LogP contribution in [0.5, 0.6) is 0 Å². The van der Waals surface area contributed by atoms with E-state index in [1.807, 2.05) is 6.07 Å². The van der Waals surface area contributed by atoms with Gasteiger partial charge < -0.3 is 5.32 Å². The van der Waals surface area contributed by atoms with Gasteiger partial charge in [-0.2, -0.15) is 0 Å². The molecule has 2 atom stereocenters. The summed E-state index contributed by atoms with van der Waals surface area (Å²) in [4.78, 5) is 0. The number of rotatable bonds is 3. The summed E-state index contributed by atoms with van der Waals surface area (Å²) in [5.74, 6) is 1.61. The molecule has 0 aliphatic heterocycles. The van der Waals surface area contributed by atoms with Gasteiger partial charge in [-0.3, -0.25) is 0 Å². The number of nitrogens with one attached hydrogen (secondary N) is 1. The molecule has 3 nitrogen and oxygen atoms in total. The van der Waals surface area contributed by atoms with E-state index in [1.165, 1.54) is 32.1 Å². The highest BCUT2D eigenvalue weighted by Crippen LogP contribution is 2.28. The summed E-state index contributed by atoms with van der Waals surface area (Å²) < 4.78 is 0. The van der Waals surface area contributed by atoms with Gasteiger partial charge in [0.05, 0.1) is 0 Å². The van der Waals surface area contributed by atoms with Crippen LogP contribution in [0.1, 0.15) is 39.0 Å². The van der Waals surface area contributed by atoms with Crippen molar-refractivity contribution >= 4 is 17.4 Å². The Hall–Kier alpha value is -0.830. The fraction of sp³-hybridized carbons (Fsp3) is 0.667. The van der Waals surface area contributed by atoms with Crippen molar-refractivity contribution in [3.8, 4) is 0 Å². The van der Waals surface area contributed by atoms with Gasteiger partial charge in [-0.1, -0.05) is 37.8 Å². The highest BCUT2D eigenvalue weighted by molar-refractivity contribution is 6.29. The summed E-state index contributed by atoms with van der Waals surface area (Å²) in [5, 5.41) is 11.8. The molecule has 0 radical (unpaired) electrons. The number of anilines is 1. The highest BCUT2D eigenvalue weighted by Gasteiger charge is 2.23. The monoisotopic (exact) mass is 239 g/mol. The van der Waals surface area contributed by atoms with Gasteiger partial charge in [-0.15, -0.1) is 10.2 Å². The minimum absolute atomic E-state index is 0.446. The van der Waals surface area contributed by atoms with Crippen LogP contribution in [0.15, 0.2) is 12.1 Å². The second-order valence-corrected chi connectivity index (χ2v) is 4.83. The molecule has 1 heterocycles. The van der Waals surface area contributed by atoms with Crippen LogP contribution < -0.4 is 5.32 Å². The van der Waals surface area contributed by atoms with E-state index in [4.69, 9.17) is 11.6 Å². The molecule has 1 aliphatic carbocycles. The van der Waals surface area contributed by atoms with E-state index >= 15 is 0 Å². The molecule has 16 heavy (non-hydrogen) atoms. The molecule has 0 bridgehead atoms. The zero-order valence-corrected chi connectivity index (χ0v) is 10.4. The lowest BCUT2D eigenvalue weighted by Crippen LogP contribution is -2.32. The van der Waals surface area contributed by atoms with Crippen LogP contribution in [0.25, 0.3) is 0 Å². The molecular formula is C12H18ClN3. The van der Waals surface area contributed by atoms with E-state index in [-0.39, 0.29) is 0 Å². The van der Waals surface area contributed by atoms with Gasteiger partial charge >= 0.3 is 0 Å². The Labute approximate surface area is 102 Å². The molecule has 1 aromatic rings. The molecule has 1 aromatic heterocycles. The Bertz CT molecular complexity index is 326. The highest BCUT2D eigenvalue weighted by atomic mass is 35.5. The van der Waals surface area contributed by atoms with Crippen molar-refractivity contribution in [2.75, 3.05) is 5.32 Å². The largest absolute Gasteiger partial charge is 0.366 e. The summed E-state index contributed by atoms with van der Waals surface area (Å²) in [6.07, 6.45) is 6.48. The van der Waals surface area contributed by atoms with Crippen molar-refractivity contribution in [2.45, 2.75) is 45.1 Å². The van der Waals surface area contributed by atoms with Crippen molar-refractivity contribution in [1.82, 2.24) is 10.2 Å². The van der Waals surface area contributed by atoms with Gasteiger partial charge in [0.25, 0.3) is 0 Å². The molecule has 1 saturated carbocycles. The SMILES string of the molecule is CCC1CCCCC1Nc1ccc(Cl)nn1. The molecule has 1 fully saturated rings. The minimum Gasteiger partial charge on any atom is -0.366 e. The Balaban J connectivity index is 1.99. The third-order valence-electron chi connectivity index (χ3n) is 3.40. The zero-order chi connectivity index (χ0) is 11.4. The van der Waals surface area contributed by atoms with E-state index in [2.05, 4.69) is 22.4 Å². The molecule has 0 saturated heterocycles. The summed E-state index contributed by atoms with van der Waals surface area (Å²) in [7, 11) is 0. The average molecular weight is 240 g/mol. The van der Waals surface area contributed by atoms with Gasteiger partial charge in [0.1, 0.15) is 5.82 Å². The Kier molecular flexibility index (Phi) is 3.99. The Morgan fingerprint density at radius 1 is 1.31 bits per heavy atom. The second kappa shape index (κ2) is 5.48. The molecule has 1 N–H and O–H groups in total. The average Bonchev–Trinajstić information content (AvgIpc) is 2.33. The molecule has 88 valence electrons. The van der Waals surface area contributed by atoms with Gasteiger partial charge in [0, 0.05) is 6.04 Å². The van der Waals surface area contributed by atoms with E-state index in [0.29, 0.717) is 11.2 Å². The first kappa shape index (κ1) is 11.6. The fourth-order valence-electron chi connectivity index (χ4n) is 2.47. The maximum atomic E-state index is 5.71. The Morgan fingerprint density at radius 2 is 2.12 bits per heavy atom. The van der Waals surface area contributed by atoms with E-state index < -0.39 is 0 Å². The molecule has 0 spiro atoms. The normalized spacial score (nSPS) is 25.4. The molecule has 2 rings (SSSR count). The Morgan fingerprint density at radius 3 is 2.81 bits per heavy atom. The lowest BCUT2D eigenvalue weighted by Gasteiger charge is -2.31. The summed E-state index contributed by atoms with van der Waals surface area (Å²) >= 11 is 5.71. The van der Waals surface area contributed by atoms with E-state index in [0.717, 1.165) is 11.7 Å². The summed E-state index contributed by atoms with van der Waals surface area (Å²) in [6.45, 7) is 2.26. The predicted molar refractivity (Wildman–Crippen MR) is 66.7 cm³/mol. The van der Waals surface area contributed by atoms with Crippen LogP contribution in [0.4, 0.5) is 5.82 Å². The van der Waals surface area contributed by atoms with Crippen LogP contribution in [0, 0.1) is 5.92 Å². The van der Waals surface area contributed by atoms with Crippen molar-refractivity contribution in [3.63, 3.8) is 0 Å². The predicted octanol–water partition coefficient (Wildman–Crippen LogP) is 3.51. The van der Waals surface area contributed by atoms with Gasteiger partial charge in [0.15, 0.2) is 5.15 Å². The van der Waals surface area contributed by atoms with E-state index in [9.17, 15) is 0 Å². The third kappa shape index (κ3) is 2.85. The first-order valence-electron chi connectivity index (χ1n) is 6.05. The molecule has 4 heteroatoms. The zero-order valence-electron chi connectivity index (χ0n) is 9.62. The topological polar surface area (TPSA) is 37.8 Å². The van der Waals surface area contributed by atoms with Crippen LogP contribution in [0.2, 0.25) is 5.15 Å². The van der Waals surface area contributed by atoms with Crippen LogP contribution in [0.3, 0.4) is 0 Å². The van der Waals surface area contributed by atoms with Crippen LogP contribution >= 0.6 is 11.6 Å². The summed E-state index contributed by atoms with van der Waals surface area (Å²) in [5.41, 5.74) is 0. The van der Waals surface area contributed by atoms with Gasteiger partial charge in [0.2, 0.25) is 0 Å². The van der Waals surface area contributed by atoms with Crippen molar-refractivity contribution in [1.29, 1.82) is 0 Å². The number of hydrogen-bond donors (Lipinski definition) is 1. The van der Waals surface area contributed by atoms with Gasteiger partial charge in [-0.25, -0.2) is 0 Å². The standard InChI is InChI=1S/C12H18ClN3/c1-2-9-5-3-4-6-10(9)14-12-8-7-11(13)15-16-12/h7-10H,2-6H2,1H3,(H,14,16). The van der Waals surface area contributed by atoms with Crippen LogP contribution in [-0.4, -0.2) is 16.2 Å². The quantitative estimate of drug-likeness (QED) is 0.877. The number of nitrogens with zero attached hydrogens (tertiary/aromatic N) is 2. The van der Waals surface area contributed by atoms with Crippen molar-refractivity contribution in [2.24, 2.45) is 5.92 Å². The minimum atomic E-state index is 0.446. The maximum Gasteiger partial charge on any atom is 0.151 e. The smallest absolute Gasteiger partial charge is 0.151 e. The third-order valence-corrected chi connectivity index (χ3v) is 3.60. The van der Waals surface area contributed by atoms with E-state index in [1.54, 1.807) is 6.07 Å². The van der Waals surface area contributed by atoms with Crippen molar-refractivity contribution < 1.29 is 0 Å².